The summed E-state index contributed by atoms with van der Waals surface area (Å²) in [7, 11) is 2.05. The smallest absolute Gasteiger partial charge is 0.128 e. The molecule has 0 aromatic carbocycles. The first-order valence-corrected chi connectivity index (χ1v) is 6.28. The molecule has 3 heteroatoms. The van der Waals surface area contributed by atoms with Crippen molar-refractivity contribution < 1.29 is 0 Å². The van der Waals surface area contributed by atoms with E-state index in [1.807, 2.05) is 7.05 Å². The molecule has 86 valence electrons. The monoisotopic (exact) mass is 217 g/mol. The molecular weight excluding hydrogens is 198 g/mol. The fourth-order valence-corrected chi connectivity index (χ4v) is 2.79. The van der Waals surface area contributed by atoms with Crippen molar-refractivity contribution in [2.75, 3.05) is 25.0 Å². The van der Waals surface area contributed by atoms with Crippen LogP contribution in [0.5, 0.6) is 0 Å². The topological polar surface area (TPSA) is 28.2 Å². The van der Waals surface area contributed by atoms with Crippen molar-refractivity contribution in [3.63, 3.8) is 0 Å². The van der Waals surface area contributed by atoms with E-state index in [9.17, 15) is 0 Å². The minimum Gasteiger partial charge on any atom is -0.355 e. The molecule has 0 bridgehead atoms. The van der Waals surface area contributed by atoms with Gasteiger partial charge in [-0.1, -0.05) is 6.07 Å². The Morgan fingerprint density at radius 3 is 3.12 bits per heavy atom. The molecule has 1 atom stereocenters. The van der Waals surface area contributed by atoms with Gasteiger partial charge in [-0.3, -0.25) is 0 Å². The molecular formula is C13H19N3. The third kappa shape index (κ3) is 1.69. The van der Waals surface area contributed by atoms with Gasteiger partial charge in [0.1, 0.15) is 5.82 Å². The number of pyridine rings is 1. The molecule has 1 fully saturated rings. The number of rotatable bonds is 2. The fourth-order valence-electron chi connectivity index (χ4n) is 2.79. The van der Waals surface area contributed by atoms with Gasteiger partial charge in [0.25, 0.3) is 0 Å². The van der Waals surface area contributed by atoms with Crippen molar-refractivity contribution in [1.29, 1.82) is 0 Å². The van der Waals surface area contributed by atoms with Crippen molar-refractivity contribution in [2.24, 2.45) is 0 Å². The van der Waals surface area contributed by atoms with Crippen molar-refractivity contribution in [3.05, 3.63) is 23.4 Å². The molecule has 0 spiro atoms. The predicted octanol–water partition coefficient (Wildman–Crippen LogP) is 1.37. The van der Waals surface area contributed by atoms with Crippen molar-refractivity contribution in [3.8, 4) is 0 Å². The molecule has 1 aliphatic carbocycles. The maximum Gasteiger partial charge on any atom is 0.128 e. The van der Waals surface area contributed by atoms with Gasteiger partial charge in [-0.05, 0) is 44.4 Å². The molecule has 0 radical (unpaired) electrons. The van der Waals surface area contributed by atoms with Crippen LogP contribution in [0, 0.1) is 0 Å². The molecule has 3 rings (SSSR count). The number of nitrogens with one attached hydrogen (secondary N) is 1. The van der Waals surface area contributed by atoms with E-state index in [4.69, 9.17) is 4.98 Å². The molecule has 0 amide bonds. The highest BCUT2D eigenvalue weighted by Gasteiger charge is 2.23. The number of fused-ring (bicyclic) bond motifs is 1. The van der Waals surface area contributed by atoms with Gasteiger partial charge >= 0.3 is 0 Å². The second-order valence-electron chi connectivity index (χ2n) is 4.85. The zero-order valence-electron chi connectivity index (χ0n) is 9.87. The summed E-state index contributed by atoms with van der Waals surface area (Å²) < 4.78 is 0. The second-order valence-corrected chi connectivity index (χ2v) is 4.85. The standard InChI is InChI=1S/C13H19N3/c1-14-11-7-8-16(9-11)13-6-5-10-3-2-4-12(10)15-13/h5-6,11,14H,2-4,7-9H2,1H3. The van der Waals surface area contributed by atoms with Crippen LogP contribution in [0.3, 0.4) is 0 Å². The Hall–Kier alpha value is -1.09. The summed E-state index contributed by atoms with van der Waals surface area (Å²) >= 11 is 0. The van der Waals surface area contributed by atoms with Crippen molar-refractivity contribution in [1.82, 2.24) is 10.3 Å². The highest BCUT2D eigenvalue weighted by molar-refractivity contribution is 5.44. The lowest BCUT2D eigenvalue weighted by Crippen LogP contribution is -2.29. The lowest BCUT2D eigenvalue weighted by atomic mass is 10.2. The van der Waals surface area contributed by atoms with Crippen molar-refractivity contribution in [2.45, 2.75) is 31.7 Å². The zero-order chi connectivity index (χ0) is 11.0. The Morgan fingerprint density at radius 2 is 2.31 bits per heavy atom. The molecule has 1 aromatic rings. The van der Waals surface area contributed by atoms with Gasteiger partial charge in [0.2, 0.25) is 0 Å². The van der Waals surface area contributed by atoms with Gasteiger partial charge < -0.3 is 10.2 Å². The SMILES string of the molecule is CNC1CCN(c2ccc3c(n2)CCC3)C1. The lowest BCUT2D eigenvalue weighted by molar-refractivity contribution is 0.616. The second kappa shape index (κ2) is 4.06. The number of hydrogen-bond donors (Lipinski definition) is 1. The van der Waals surface area contributed by atoms with E-state index in [0.29, 0.717) is 6.04 Å². The summed E-state index contributed by atoms with van der Waals surface area (Å²) in [6.07, 6.45) is 4.91. The summed E-state index contributed by atoms with van der Waals surface area (Å²) in [6, 6.07) is 5.11. The molecule has 2 heterocycles. The van der Waals surface area contributed by atoms with Crippen LogP contribution in [0.25, 0.3) is 0 Å². The first-order chi connectivity index (χ1) is 7.86. The van der Waals surface area contributed by atoms with Crippen LogP contribution in [0.4, 0.5) is 5.82 Å². The highest BCUT2D eigenvalue weighted by Crippen LogP contribution is 2.25. The summed E-state index contributed by atoms with van der Waals surface area (Å²) in [5.74, 6) is 1.18. The van der Waals surface area contributed by atoms with E-state index >= 15 is 0 Å². The lowest BCUT2D eigenvalue weighted by Gasteiger charge is -2.18. The van der Waals surface area contributed by atoms with Crippen LogP contribution in [0.1, 0.15) is 24.1 Å². The van der Waals surface area contributed by atoms with E-state index < -0.39 is 0 Å². The Labute approximate surface area is 96.9 Å². The third-order valence-corrected chi connectivity index (χ3v) is 3.83. The van der Waals surface area contributed by atoms with Crippen LogP contribution >= 0.6 is 0 Å². The zero-order valence-corrected chi connectivity index (χ0v) is 9.87. The van der Waals surface area contributed by atoms with Gasteiger partial charge in [-0.2, -0.15) is 0 Å². The minimum absolute atomic E-state index is 0.634. The first kappa shape index (κ1) is 10.1. The van der Waals surface area contributed by atoms with Crippen LogP contribution < -0.4 is 10.2 Å². The van der Waals surface area contributed by atoms with E-state index in [-0.39, 0.29) is 0 Å². The van der Waals surface area contributed by atoms with E-state index in [1.54, 1.807) is 0 Å². The van der Waals surface area contributed by atoms with E-state index in [0.717, 1.165) is 13.1 Å². The largest absolute Gasteiger partial charge is 0.355 e. The molecule has 1 aromatic heterocycles. The third-order valence-electron chi connectivity index (χ3n) is 3.83. The predicted molar refractivity (Wildman–Crippen MR) is 65.9 cm³/mol. The van der Waals surface area contributed by atoms with Gasteiger partial charge in [0, 0.05) is 24.8 Å². The summed E-state index contributed by atoms with van der Waals surface area (Å²) in [5, 5.41) is 3.35. The van der Waals surface area contributed by atoms with Gasteiger partial charge in [-0.25, -0.2) is 4.98 Å². The first-order valence-electron chi connectivity index (χ1n) is 6.28. The van der Waals surface area contributed by atoms with Gasteiger partial charge in [0.05, 0.1) is 0 Å². The number of likely N-dealkylation sites (N-methyl/N-ethyl adjacent to an activating group) is 1. The average molecular weight is 217 g/mol. The Morgan fingerprint density at radius 1 is 1.38 bits per heavy atom. The van der Waals surface area contributed by atoms with Gasteiger partial charge in [-0.15, -0.1) is 0 Å². The number of anilines is 1. The summed E-state index contributed by atoms with van der Waals surface area (Å²) in [6.45, 7) is 2.24. The Balaban J connectivity index is 1.80. The van der Waals surface area contributed by atoms with E-state index in [1.165, 1.54) is 42.8 Å². The molecule has 1 N–H and O–H groups in total. The van der Waals surface area contributed by atoms with Gasteiger partial charge in [0.15, 0.2) is 0 Å². The fraction of sp³-hybridized carbons (Fsp3) is 0.615. The summed E-state index contributed by atoms with van der Waals surface area (Å²) in [5.41, 5.74) is 2.80. The van der Waals surface area contributed by atoms with Crippen LogP contribution in [0.2, 0.25) is 0 Å². The van der Waals surface area contributed by atoms with Crippen LogP contribution in [-0.2, 0) is 12.8 Å². The Kier molecular flexibility index (Phi) is 2.56. The quantitative estimate of drug-likeness (QED) is 0.811. The maximum atomic E-state index is 4.80. The van der Waals surface area contributed by atoms with Crippen LogP contribution in [0.15, 0.2) is 12.1 Å². The van der Waals surface area contributed by atoms with Crippen molar-refractivity contribution >= 4 is 5.82 Å². The molecule has 3 nitrogen and oxygen atoms in total. The van der Waals surface area contributed by atoms with E-state index in [2.05, 4.69) is 22.3 Å². The molecule has 1 unspecified atom stereocenters. The molecule has 16 heavy (non-hydrogen) atoms. The summed E-state index contributed by atoms with van der Waals surface area (Å²) in [4.78, 5) is 7.20. The highest BCUT2D eigenvalue weighted by atomic mass is 15.2. The molecule has 2 aliphatic rings. The minimum atomic E-state index is 0.634. The normalized spacial score (nSPS) is 23.8. The average Bonchev–Trinajstić information content (AvgIpc) is 2.96. The molecule has 0 saturated carbocycles. The maximum absolute atomic E-state index is 4.80. The molecule has 1 saturated heterocycles. The van der Waals surface area contributed by atoms with Crippen LogP contribution in [-0.4, -0.2) is 31.2 Å². The number of aromatic nitrogens is 1. The number of aryl methyl sites for hydroxylation is 2. The Bertz CT molecular complexity index is 389. The number of nitrogens with zero attached hydrogens (tertiary/aromatic N) is 2. The molecule has 1 aliphatic heterocycles. The number of hydrogen-bond acceptors (Lipinski definition) is 3.